The number of rotatable bonds is 7. The van der Waals surface area contributed by atoms with Crippen LogP contribution in [0.4, 0.5) is 8.78 Å². The zero-order valence-corrected chi connectivity index (χ0v) is 11.7. The summed E-state index contributed by atoms with van der Waals surface area (Å²) in [6.07, 6.45) is 3.25. The van der Waals surface area contributed by atoms with Crippen LogP contribution in [0.5, 0.6) is 11.5 Å². The average Bonchev–Trinajstić information content (AvgIpc) is 2.41. The number of hydrogen-bond acceptors (Lipinski definition) is 2. The Labute approximate surface area is 113 Å². The van der Waals surface area contributed by atoms with E-state index in [9.17, 15) is 8.78 Å². The molecule has 1 aromatic rings. The summed E-state index contributed by atoms with van der Waals surface area (Å²) in [7, 11) is 0. The van der Waals surface area contributed by atoms with Crippen molar-refractivity contribution in [2.24, 2.45) is 11.8 Å². The summed E-state index contributed by atoms with van der Waals surface area (Å²) < 4.78 is 31.8. The molecule has 108 valence electrons. The lowest BCUT2D eigenvalue weighted by molar-refractivity contribution is 0.230. The molecule has 2 atom stereocenters. The van der Waals surface area contributed by atoms with E-state index in [1.807, 2.05) is 6.92 Å². The Balaban J connectivity index is 2.46. The minimum atomic E-state index is -1.26. The maximum absolute atomic E-state index is 13.4. The summed E-state index contributed by atoms with van der Waals surface area (Å²) in [6.45, 7) is 6.72. The molecule has 1 N–H and O–H groups in total. The number of aromatic hydroxyl groups is 1. The van der Waals surface area contributed by atoms with Crippen molar-refractivity contribution in [3.05, 3.63) is 23.8 Å². The molecule has 0 aliphatic heterocycles. The topological polar surface area (TPSA) is 29.5 Å². The van der Waals surface area contributed by atoms with Crippen LogP contribution in [0.1, 0.15) is 40.0 Å². The number of phenolic OH excluding ortho intramolecular Hbond substituents is 1. The van der Waals surface area contributed by atoms with Crippen LogP contribution in [-0.4, -0.2) is 11.7 Å². The van der Waals surface area contributed by atoms with Gasteiger partial charge in [0, 0.05) is 0 Å². The smallest absolute Gasteiger partial charge is 0.204 e. The lowest BCUT2D eigenvalue weighted by atomic mass is 9.97. The van der Waals surface area contributed by atoms with E-state index >= 15 is 0 Å². The highest BCUT2D eigenvalue weighted by atomic mass is 19.2. The quantitative estimate of drug-likeness (QED) is 0.791. The van der Waals surface area contributed by atoms with E-state index in [0.29, 0.717) is 12.5 Å². The van der Waals surface area contributed by atoms with E-state index < -0.39 is 17.4 Å². The zero-order valence-electron chi connectivity index (χ0n) is 11.7. The molecule has 4 heteroatoms. The van der Waals surface area contributed by atoms with Crippen molar-refractivity contribution in [1.29, 1.82) is 0 Å². The predicted molar refractivity (Wildman–Crippen MR) is 71.4 cm³/mol. The molecule has 0 aliphatic rings. The molecule has 0 amide bonds. The molecule has 0 saturated carbocycles. The monoisotopic (exact) mass is 272 g/mol. The lowest BCUT2D eigenvalue weighted by Gasteiger charge is -2.15. The molecule has 0 aromatic heterocycles. The highest BCUT2D eigenvalue weighted by Gasteiger charge is 2.15. The summed E-state index contributed by atoms with van der Waals surface area (Å²) >= 11 is 0. The van der Waals surface area contributed by atoms with Crippen LogP contribution < -0.4 is 4.74 Å². The molecule has 0 spiro atoms. The number of ether oxygens (including phenoxy) is 1. The van der Waals surface area contributed by atoms with Crippen LogP contribution >= 0.6 is 0 Å². The van der Waals surface area contributed by atoms with E-state index in [-0.39, 0.29) is 11.7 Å². The summed E-state index contributed by atoms with van der Waals surface area (Å²) in [5, 5.41) is 9.00. The van der Waals surface area contributed by atoms with E-state index in [1.165, 1.54) is 6.07 Å². The van der Waals surface area contributed by atoms with Gasteiger partial charge in [0.2, 0.25) is 11.6 Å². The molecular weight excluding hydrogens is 250 g/mol. The molecule has 0 fully saturated rings. The van der Waals surface area contributed by atoms with Crippen molar-refractivity contribution >= 4 is 0 Å². The van der Waals surface area contributed by atoms with Crippen LogP contribution in [0.2, 0.25) is 0 Å². The second-order valence-electron chi connectivity index (χ2n) is 5.22. The molecule has 0 aliphatic carbocycles. The van der Waals surface area contributed by atoms with Crippen molar-refractivity contribution in [2.45, 2.75) is 40.0 Å². The van der Waals surface area contributed by atoms with E-state index in [2.05, 4.69) is 13.8 Å². The third-order valence-electron chi connectivity index (χ3n) is 3.40. The van der Waals surface area contributed by atoms with Gasteiger partial charge in [-0.25, -0.2) is 0 Å². The van der Waals surface area contributed by atoms with Gasteiger partial charge < -0.3 is 9.84 Å². The van der Waals surface area contributed by atoms with Gasteiger partial charge >= 0.3 is 0 Å². The van der Waals surface area contributed by atoms with Crippen molar-refractivity contribution in [3.63, 3.8) is 0 Å². The Bertz CT molecular complexity index is 407. The Hall–Kier alpha value is -1.32. The summed E-state index contributed by atoms with van der Waals surface area (Å²) in [4.78, 5) is 0. The molecule has 1 aromatic carbocycles. The first kappa shape index (κ1) is 15.7. The largest absolute Gasteiger partial charge is 0.505 e. The van der Waals surface area contributed by atoms with Crippen LogP contribution in [0.25, 0.3) is 0 Å². The molecular formula is C15H22F2O2. The summed E-state index contributed by atoms with van der Waals surface area (Å²) in [5.74, 6) is -2.28. The Kier molecular flexibility index (Phi) is 6.06. The van der Waals surface area contributed by atoms with Gasteiger partial charge in [-0.2, -0.15) is 8.78 Å². The fraction of sp³-hybridized carbons (Fsp3) is 0.600. The molecule has 2 nitrogen and oxygen atoms in total. The fourth-order valence-electron chi connectivity index (χ4n) is 1.72. The van der Waals surface area contributed by atoms with Gasteiger partial charge in [0.25, 0.3) is 0 Å². The maximum atomic E-state index is 13.4. The van der Waals surface area contributed by atoms with Gasteiger partial charge in [0.1, 0.15) is 0 Å². The number of phenols is 1. The molecule has 0 bridgehead atoms. The minimum Gasteiger partial charge on any atom is -0.505 e. The average molecular weight is 272 g/mol. The highest BCUT2D eigenvalue weighted by Crippen LogP contribution is 2.27. The molecule has 0 radical (unpaired) electrons. The first-order valence-electron chi connectivity index (χ1n) is 6.75. The maximum Gasteiger partial charge on any atom is 0.204 e. The van der Waals surface area contributed by atoms with Crippen LogP contribution in [0.3, 0.4) is 0 Å². The van der Waals surface area contributed by atoms with Crippen molar-refractivity contribution in [2.75, 3.05) is 6.61 Å². The summed E-state index contributed by atoms with van der Waals surface area (Å²) in [5.41, 5.74) is 0. The second kappa shape index (κ2) is 7.31. The molecule has 0 saturated heterocycles. The van der Waals surface area contributed by atoms with E-state index in [0.717, 1.165) is 25.3 Å². The highest BCUT2D eigenvalue weighted by molar-refractivity contribution is 5.33. The molecule has 19 heavy (non-hydrogen) atoms. The van der Waals surface area contributed by atoms with Gasteiger partial charge in [0.15, 0.2) is 11.5 Å². The Morgan fingerprint density at radius 2 is 1.74 bits per heavy atom. The molecule has 1 rings (SSSR count). The second-order valence-corrected chi connectivity index (χ2v) is 5.22. The van der Waals surface area contributed by atoms with E-state index in [4.69, 9.17) is 9.84 Å². The van der Waals surface area contributed by atoms with Crippen LogP contribution in [0.15, 0.2) is 12.1 Å². The van der Waals surface area contributed by atoms with Crippen molar-refractivity contribution in [1.82, 2.24) is 0 Å². The first-order chi connectivity index (χ1) is 8.95. The van der Waals surface area contributed by atoms with Crippen LogP contribution in [0, 0.1) is 23.5 Å². The number of hydrogen-bond donors (Lipinski definition) is 1. The Morgan fingerprint density at radius 3 is 2.37 bits per heavy atom. The third-order valence-corrected chi connectivity index (χ3v) is 3.40. The van der Waals surface area contributed by atoms with Gasteiger partial charge in [-0.15, -0.1) is 0 Å². The van der Waals surface area contributed by atoms with Gasteiger partial charge in [-0.05, 0) is 30.4 Å². The Morgan fingerprint density at radius 1 is 1.11 bits per heavy atom. The van der Waals surface area contributed by atoms with Gasteiger partial charge in [-0.3, -0.25) is 0 Å². The van der Waals surface area contributed by atoms with Gasteiger partial charge in [-0.1, -0.05) is 33.6 Å². The zero-order chi connectivity index (χ0) is 14.4. The van der Waals surface area contributed by atoms with Crippen molar-refractivity contribution in [3.8, 4) is 11.5 Å². The predicted octanol–water partition coefficient (Wildman–Crippen LogP) is 4.51. The fourth-order valence-corrected chi connectivity index (χ4v) is 1.72. The first-order valence-corrected chi connectivity index (χ1v) is 6.75. The summed E-state index contributed by atoms with van der Waals surface area (Å²) in [6, 6.07) is 2.34. The molecule has 2 unspecified atom stereocenters. The standard InChI is InChI=1S/C15H22F2O2/c1-4-10(2)5-6-11(3)9-19-13-8-7-12(18)14(16)15(13)17/h7-8,10-11,18H,4-6,9H2,1-3H3. The van der Waals surface area contributed by atoms with Gasteiger partial charge in [0.05, 0.1) is 6.61 Å². The molecule has 0 heterocycles. The normalized spacial score (nSPS) is 14.2. The van der Waals surface area contributed by atoms with Crippen molar-refractivity contribution < 1.29 is 18.6 Å². The SMILES string of the molecule is CCC(C)CCC(C)COc1ccc(O)c(F)c1F. The lowest BCUT2D eigenvalue weighted by Crippen LogP contribution is -2.11. The number of benzene rings is 1. The third kappa shape index (κ3) is 4.69. The number of halogens is 2. The van der Waals surface area contributed by atoms with Crippen LogP contribution in [-0.2, 0) is 0 Å². The van der Waals surface area contributed by atoms with E-state index in [1.54, 1.807) is 0 Å². The minimum absolute atomic E-state index is 0.148.